The molecule has 28 heavy (non-hydrogen) atoms. The molecule has 0 radical (unpaired) electrons. The Kier molecular flexibility index (Phi) is 11.5. The Balaban J connectivity index is 0.00000392. The number of aryl methyl sites for hydroxylation is 1. The van der Waals surface area contributed by atoms with Gasteiger partial charge in [0.2, 0.25) is 0 Å². The molecule has 2 rings (SSSR count). The number of halogens is 1. The zero-order valence-electron chi connectivity index (χ0n) is 17.5. The normalized spacial score (nSPS) is 12.4. The van der Waals surface area contributed by atoms with Crippen LogP contribution in [0.25, 0.3) is 0 Å². The van der Waals surface area contributed by atoms with Gasteiger partial charge in [-0.25, -0.2) is 0 Å². The van der Waals surface area contributed by atoms with Gasteiger partial charge in [0, 0.05) is 42.4 Å². The van der Waals surface area contributed by atoms with Crippen LogP contribution in [0.3, 0.4) is 0 Å². The van der Waals surface area contributed by atoms with Crippen LogP contribution in [0.1, 0.15) is 22.2 Å². The van der Waals surface area contributed by atoms with Crippen LogP contribution in [0.2, 0.25) is 0 Å². The van der Waals surface area contributed by atoms with E-state index in [0.717, 1.165) is 24.7 Å². The molecular weight excluding hydrogens is 483 g/mol. The molecule has 0 spiro atoms. The topological polar surface area (TPSA) is 48.9 Å². The van der Waals surface area contributed by atoms with Crippen molar-refractivity contribution in [2.24, 2.45) is 4.99 Å². The van der Waals surface area contributed by atoms with E-state index in [9.17, 15) is 0 Å². The van der Waals surface area contributed by atoms with Crippen LogP contribution in [0, 0.1) is 6.92 Å². The third kappa shape index (κ3) is 9.25. The van der Waals surface area contributed by atoms with Crippen LogP contribution in [0.15, 0.2) is 41.4 Å². The predicted molar refractivity (Wildman–Crippen MR) is 131 cm³/mol. The van der Waals surface area contributed by atoms with E-state index in [4.69, 9.17) is 4.74 Å². The standard InChI is InChI=1S/C21H32N4OS.HI/c1-16(13-20-10-9-17(2)27-20)24-21(22-3)23-15-18-7-6-8-19(14-18)26-12-11-25(4)5;/h6-10,14,16H,11-13,15H2,1-5H3,(H2,22,23,24);1H. The molecule has 1 atom stereocenters. The Labute approximate surface area is 190 Å². The molecule has 1 unspecified atom stereocenters. The van der Waals surface area contributed by atoms with Gasteiger partial charge in [-0.15, -0.1) is 35.3 Å². The Morgan fingerprint density at radius 3 is 2.68 bits per heavy atom. The molecule has 2 N–H and O–H groups in total. The molecule has 0 saturated carbocycles. The summed E-state index contributed by atoms with van der Waals surface area (Å²) >= 11 is 1.85. The summed E-state index contributed by atoms with van der Waals surface area (Å²) < 4.78 is 5.81. The van der Waals surface area contributed by atoms with Gasteiger partial charge in [-0.1, -0.05) is 12.1 Å². The van der Waals surface area contributed by atoms with Crippen molar-refractivity contribution in [2.45, 2.75) is 32.9 Å². The van der Waals surface area contributed by atoms with Gasteiger partial charge in [0.1, 0.15) is 12.4 Å². The summed E-state index contributed by atoms with van der Waals surface area (Å²) in [6.07, 6.45) is 0.994. The summed E-state index contributed by atoms with van der Waals surface area (Å²) in [6, 6.07) is 12.9. The molecule has 0 saturated heterocycles. The third-order valence-electron chi connectivity index (χ3n) is 4.08. The molecule has 5 nitrogen and oxygen atoms in total. The van der Waals surface area contributed by atoms with Crippen molar-refractivity contribution in [2.75, 3.05) is 34.3 Å². The molecule has 2 aromatic rings. The lowest BCUT2D eigenvalue weighted by Crippen LogP contribution is -2.42. The summed E-state index contributed by atoms with van der Waals surface area (Å²) in [5.41, 5.74) is 1.17. The van der Waals surface area contributed by atoms with Gasteiger partial charge in [-0.3, -0.25) is 4.99 Å². The number of rotatable bonds is 9. The minimum absolute atomic E-state index is 0. The van der Waals surface area contributed by atoms with E-state index in [1.54, 1.807) is 7.05 Å². The molecule has 0 fully saturated rings. The molecule has 0 aliphatic rings. The van der Waals surface area contributed by atoms with E-state index >= 15 is 0 Å². The number of thiophene rings is 1. The zero-order valence-corrected chi connectivity index (χ0v) is 20.6. The van der Waals surface area contributed by atoms with Crippen molar-refractivity contribution in [1.82, 2.24) is 15.5 Å². The Morgan fingerprint density at radius 2 is 2.04 bits per heavy atom. The van der Waals surface area contributed by atoms with E-state index in [0.29, 0.717) is 19.2 Å². The van der Waals surface area contributed by atoms with Crippen LogP contribution in [0.5, 0.6) is 5.75 Å². The zero-order chi connectivity index (χ0) is 19.6. The summed E-state index contributed by atoms with van der Waals surface area (Å²) in [5, 5.41) is 6.85. The molecule has 0 amide bonds. The highest BCUT2D eigenvalue weighted by molar-refractivity contribution is 14.0. The number of guanidine groups is 1. The first-order valence-corrected chi connectivity index (χ1v) is 10.2. The minimum Gasteiger partial charge on any atom is -0.492 e. The van der Waals surface area contributed by atoms with E-state index in [-0.39, 0.29) is 24.0 Å². The maximum Gasteiger partial charge on any atom is 0.191 e. The summed E-state index contributed by atoms with van der Waals surface area (Å²) in [5.74, 6) is 1.72. The van der Waals surface area contributed by atoms with Gasteiger partial charge in [-0.05, 0) is 57.8 Å². The second-order valence-corrected chi connectivity index (χ2v) is 8.36. The largest absolute Gasteiger partial charge is 0.492 e. The molecule has 1 aromatic carbocycles. The molecule has 7 heteroatoms. The number of nitrogens with zero attached hydrogens (tertiary/aromatic N) is 2. The number of likely N-dealkylation sites (N-methyl/N-ethyl adjacent to an activating group) is 1. The fourth-order valence-electron chi connectivity index (χ4n) is 2.65. The number of ether oxygens (including phenoxy) is 1. The smallest absolute Gasteiger partial charge is 0.191 e. The lowest BCUT2D eigenvalue weighted by molar-refractivity contribution is 0.261. The molecule has 0 aliphatic carbocycles. The van der Waals surface area contributed by atoms with E-state index < -0.39 is 0 Å². The summed E-state index contributed by atoms with van der Waals surface area (Å²) in [7, 11) is 5.89. The number of benzene rings is 1. The highest BCUT2D eigenvalue weighted by Gasteiger charge is 2.08. The Hall–Kier alpha value is -1.32. The summed E-state index contributed by atoms with van der Waals surface area (Å²) in [4.78, 5) is 9.20. The maximum absolute atomic E-state index is 5.81. The number of hydrogen-bond acceptors (Lipinski definition) is 4. The van der Waals surface area contributed by atoms with Gasteiger partial charge in [0.05, 0.1) is 0 Å². The van der Waals surface area contributed by atoms with Crippen LogP contribution < -0.4 is 15.4 Å². The van der Waals surface area contributed by atoms with Crippen molar-refractivity contribution in [1.29, 1.82) is 0 Å². The first-order chi connectivity index (χ1) is 13.0. The van der Waals surface area contributed by atoms with Crippen LogP contribution >= 0.6 is 35.3 Å². The SMILES string of the molecule is CN=C(NCc1cccc(OCCN(C)C)c1)NC(C)Cc1ccc(C)s1.I. The molecule has 0 aliphatic heterocycles. The van der Waals surface area contributed by atoms with Gasteiger partial charge in [0.15, 0.2) is 5.96 Å². The summed E-state index contributed by atoms with van der Waals surface area (Å²) in [6.45, 7) is 6.62. The van der Waals surface area contributed by atoms with Crippen molar-refractivity contribution in [3.8, 4) is 5.75 Å². The fourth-order valence-corrected chi connectivity index (χ4v) is 3.67. The molecular formula is C21H33IN4OS. The molecule has 1 heterocycles. The second-order valence-electron chi connectivity index (χ2n) is 6.99. The second kappa shape index (κ2) is 13.0. The first-order valence-electron chi connectivity index (χ1n) is 9.35. The third-order valence-corrected chi connectivity index (χ3v) is 5.10. The fraction of sp³-hybridized carbons (Fsp3) is 0.476. The average molecular weight is 516 g/mol. The highest BCUT2D eigenvalue weighted by atomic mass is 127. The van der Waals surface area contributed by atoms with Crippen molar-refractivity contribution < 1.29 is 4.74 Å². The van der Waals surface area contributed by atoms with E-state index in [1.807, 2.05) is 37.6 Å². The Morgan fingerprint density at radius 1 is 1.25 bits per heavy atom. The highest BCUT2D eigenvalue weighted by Crippen LogP contribution is 2.16. The van der Waals surface area contributed by atoms with Gasteiger partial charge in [0.25, 0.3) is 0 Å². The monoisotopic (exact) mass is 516 g/mol. The minimum atomic E-state index is 0. The van der Waals surface area contributed by atoms with Gasteiger partial charge < -0.3 is 20.3 Å². The van der Waals surface area contributed by atoms with Gasteiger partial charge in [-0.2, -0.15) is 0 Å². The van der Waals surface area contributed by atoms with Crippen LogP contribution in [0.4, 0.5) is 0 Å². The van der Waals surface area contributed by atoms with Crippen LogP contribution in [-0.2, 0) is 13.0 Å². The van der Waals surface area contributed by atoms with Crippen LogP contribution in [-0.4, -0.2) is 51.2 Å². The van der Waals surface area contributed by atoms with Gasteiger partial charge >= 0.3 is 0 Å². The molecule has 156 valence electrons. The first kappa shape index (κ1) is 24.7. The average Bonchev–Trinajstić information content (AvgIpc) is 3.03. The maximum atomic E-state index is 5.81. The van der Waals surface area contributed by atoms with E-state index in [2.05, 4.69) is 58.6 Å². The lowest BCUT2D eigenvalue weighted by atomic mass is 10.2. The number of nitrogens with one attached hydrogen (secondary N) is 2. The lowest BCUT2D eigenvalue weighted by Gasteiger charge is -2.18. The number of hydrogen-bond donors (Lipinski definition) is 2. The quantitative estimate of drug-likeness (QED) is 0.302. The molecule has 1 aromatic heterocycles. The predicted octanol–water partition coefficient (Wildman–Crippen LogP) is 3.91. The van der Waals surface area contributed by atoms with E-state index in [1.165, 1.54) is 15.3 Å². The Bertz CT molecular complexity index is 733. The molecule has 0 bridgehead atoms. The number of aliphatic imine (C=N–C) groups is 1. The van der Waals surface area contributed by atoms with Crippen molar-refractivity contribution in [3.63, 3.8) is 0 Å². The van der Waals surface area contributed by atoms with Crippen molar-refractivity contribution in [3.05, 3.63) is 51.7 Å². The van der Waals surface area contributed by atoms with Crippen molar-refractivity contribution >= 4 is 41.3 Å².